The van der Waals surface area contributed by atoms with Crippen molar-refractivity contribution >= 4 is 33.2 Å². The predicted molar refractivity (Wildman–Crippen MR) is 91.8 cm³/mol. The SMILES string of the molecule is CNC(CNc1cc(Cl)c(Br)cc1C)C1CCCCC1. The lowest BCUT2D eigenvalue weighted by Crippen LogP contribution is -2.40. The molecule has 1 fully saturated rings. The lowest BCUT2D eigenvalue weighted by molar-refractivity contribution is 0.286. The normalized spacial score (nSPS) is 18.0. The molecule has 4 heteroatoms. The second-order valence-corrected chi connectivity index (χ2v) is 7.02. The number of nitrogens with one attached hydrogen (secondary N) is 2. The van der Waals surface area contributed by atoms with Crippen LogP contribution in [0, 0.1) is 12.8 Å². The zero-order valence-electron chi connectivity index (χ0n) is 12.3. The second kappa shape index (κ2) is 7.67. The Morgan fingerprint density at radius 1 is 1.30 bits per heavy atom. The van der Waals surface area contributed by atoms with Gasteiger partial charge in [-0.05, 0) is 66.4 Å². The van der Waals surface area contributed by atoms with E-state index in [1.165, 1.54) is 37.7 Å². The van der Waals surface area contributed by atoms with E-state index in [9.17, 15) is 0 Å². The highest BCUT2D eigenvalue weighted by atomic mass is 79.9. The van der Waals surface area contributed by atoms with E-state index in [1.54, 1.807) is 0 Å². The maximum atomic E-state index is 6.18. The highest BCUT2D eigenvalue weighted by Crippen LogP contribution is 2.30. The first-order chi connectivity index (χ1) is 9.61. The van der Waals surface area contributed by atoms with Crippen molar-refractivity contribution in [3.63, 3.8) is 0 Å². The summed E-state index contributed by atoms with van der Waals surface area (Å²) in [5.74, 6) is 0.799. The third kappa shape index (κ3) is 4.12. The van der Waals surface area contributed by atoms with E-state index in [2.05, 4.69) is 46.6 Å². The van der Waals surface area contributed by atoms with Crippen LogP contribution in [0.15, 0.2) is 16.6 Å². The molecule has 0 bridgehead atoms. The topological polar surface area (TPSA) is 24.1 Å². The first kappa shape index (κ1) is 16.1. The van der Waals surface area contributed by atoms with E-state index >= 15 is 0 Å². The van der Waals surface area contributed by atoms with Crippen molar-refractivity contribution in [1.82, 2.24) is 5.32 Å². The van der Waals surface area contributed by atoms with Gasteiger partial charge in [-0.1, -0.05) is 30.9 Å². The molecule has 0 amide bonds. The average Bonchev–Trinajstić information content (AvgIpc) is 2.46. The van der Waals surface area contributed by atoms with E-state index in [1.807, 2.05) is 6.07 Å². The Bertz CT molecular complexity index is 444. The van der Waals surface area contributed by atoms with Crippen molar-refractivity contribution in [2.24, 2.45) is 5.92 Å². The molecule has 0 aliphatic heterocycles. The Hall–Kier alpha value is -0.250. The average molecular weight is 360 g/mol. The van der Waals surface area contributed by atoms with Crippen LogP contribution >= 0.6 is 27.5 Å². The minimum Gasteiger partial charge on any atom is -0.383 e. The molecular formula is C16H24BrClN2. The Balaban J connectivity index is 1.97. The van der Waals surface area contributed by atoms with Gasteiger partial charge in [-0.3, -0.25) is 0 Å². The molecule has 1 aromatic rings. The highest BCUT2D eigenvalue weighted by Gasteiger charge is 2.22. The fraction of sp³-hybridized carbons (Fsp3) is 0.625. The number of anilines is 1. The second-order valence-electron chi connectivity index (χ2n) is 5.76. The zero-order valence-corrected chi connectivity index (χ0v) is 14.6. The number of aryl methyl sites for hydroxylation is 1. The zero-order chi connectivity index (χ0) is 14.5. The molecule has 0 radical (unpaired) electrons. The van der Waals surface area contributed by atoms with E-state index in [4.69, 9.17) is 11.6 Å². The molecule has 112 valence electrons. The molecule has 0 saturated heterocycles. The van der Waals surface area contributed by atoms with Crippen molar-refractivity contribution in [2.75, 3.05) is 18.9 Å². The number of likely N-dealkylation sites (N-methyl/N-ethyl adjacent to an activating group) is 1. The van der Waals surface area contributed by atoms with Gasteiger partial charge in [-0.2, -0.15) is 0 Å². The molecule has 1 aromatic carbocycles. The molecule has 1 unspecified atom stereocenters. The van der Waals surface area contributed by atoms with Crippen molar-refractivity contribution in [2.45, 2.75) is 45.1 Å². The third-order valence-corrected chi connectivity index (χ3v) is 5.57. The maximum absolute atomic E-state index is 6.18. The lowest BCUT2D eigenvalue weighted by atomic mass is 9.84. The van der Waals surface area contributed by atoms with Crippen LogP contribution in [-0.4, -0.2) is 19.6 Å². The highest BCUT2D eigenvalue weighted by molar-refractivity contribution is 9.10. The number of benzene rings is 1. The lowest BCUT2D eigenvalue weighted by Gasteiger charge is -2.30. The summed E-state index contributed by atoms with van der Waals surface area (Å²) in [7, 11) is 2.07. The standard InChI is InChI=1S/C16H24BrClN2/c1-11-8-13(17)14(18)9-15(11)20-10-16(19-2)12-6-4-3-5-7-12/h8-9,12,16,19-20H,3-7,10H2,1-2H3. The molecular weight excluding hydrogens is 336 g/mol. The van der Waals surface area contributed by atoms with E-state index in [0.717, 1.165) is 27.6 Å². The number of hydrogen-bond acceptors (Lipinski definition) is 2. The predicted octanol–water partition coefficient (Wildman–Crippen LogP) is 4.99. The molecule has 1 saturated carbocycles. The van der Waals surface area contributed by atoms with Crippen LogP contribution in [0.1, 0.15) is 37.7 Å². The van der Waals surface area contributed by atoms with Crippen LogP contribution in [0.4, 0.5) is 5.69 Å². The summed E-state index contributed by atoms with van der Waals surface area (Å²) < 4.78 is 0.958. The molecule has 2 rings (SSSR count). The van der Waals surface area contributed by atoms with Gasteiger partial charge in [0.05, 0.1) is 5.02 Å². The fourth-order valence-electron chi connectivity index (χ4n) is 3.10. The summed E-state index contributed by atoms with van der Waals surface area (Å²) in [6, 6.07) is 4.62. The molecule has 1 aliphatic rings. The first-order valence-electron chi connectivity index (χ1n) is 7.48. The molecule has 0 aromatic heterocycles. The summed E-state index contributed by atoms with van der Waals surface area (Å²) >= 11 is 9.65. The van der Waals surface area contributed by atoms with Crippen molar-refractivity contribution < 1.29 is 0 Å². The van der Waals surface area contributed by atoms with Gasteiger partial charge in [0.2, 0.25) is 0 Å². The van der Waals surface area contributed by atoms with Gasteiger partial charge in [-0.15, -0.1) is 0 Å². The van der Waals surface area contributed by atoms with Gasteiger partial charge in [0, 0.05) is 22.7 Å². The smallest absolute Gasteiger partial charge is 0.0568 e. The molecule has 1 aliphatic carbocycles. The summed E-state index contributed by atoms with van der Waals surface area (Å²) in [5.41, 5.74) is 2.36. The van der Waals surface area contributed by atoms with Gasteiger partial charge in [0.25, 0.3) is 0 Å². The van der Waals surface area contributed by atoms with Gasteiger partial charge >= 0.3 is 0 Å². The summed E-state index contributed by atoms with van der Waals surface area (Å²) in [5, 5.41) is 7.81. The summed E-state index contributed by atoms with van der Waals surface area (Å²) in [6.07, 6.45) is 6.88. The Labute approximate surface area is 135 Å². The van der Waals surface area contributed by atoms with Crippen molar-refractivity contribution in [3.8, 4) is 0 Å². The third-order valence-electron chi connectivity index (χ3n) is 4.37. The Morgan fingerprint density at radius 3 is 2.65 bits per heavy atom. The van der Waals surface area contributed by atoms with Gasteiger partial charge in [0.1, 0.15) is 0 Å². The quantitative estimate of drug-likeness (QED) is 0.773. The van der Waals surface area contributed by atoms with Gasteiger partial charge in [-0.25, -0.2) is 0 Å². The van der Waals surface area contributed by atoms with Crippen LogP contribution in [-0.2, 0) is 0 Å². The maximum Gasteiger partial charge on any atom is 0.0568 e. The van der Waals surface area contributed by atoms with E-state index in [0.29, 0.717) is 6.04 Å². The van der Waals surface area contributed by atoms with Crippen LogP contribution in [0.25, 0.3) is 0 Å². The minimum absolute atomic E-state index is 0.539. The van der Waals surface area contributed by atoms with Gasteiger partial charge < -0.3 is 10.6 Å². The monoisotopic (exact) mass is 358 g/mol. The van der Waals surface area contributed by atoms with Crippen molar-refractivity contribution in [3.05, 3.63) is 27.2 Å². The van der Waals surface area contributed by atoms with Crippen LogP contribution < -0.4 is 10.6 Å². The summed E-state index contributed by atoms with van der Waals surface area (Å²) in [4.78, 5) is 0. The minimum atomic E-state index is 0.539. The molecule has 2 N–H and O–H groups in total. The molecule has 20 heavy (non-hydrogen) atoms. The van der Waals surface area contributed by atoms with Crippen LogP contribution in [0.3, 0.4) is 0 Å². The van der Waals surface area contributed by atoms with Crippen LogP contribution in [0.2, 0.25) is 5.02 Å². The number of hydrogen-bond donors (Lipinski definition) is 2. The molecule has 0 heterocycles. The number of halogens is 2. The van der Waals surface area contributed by atoms with Crippen molar-refractivity contribution in [1.29, 1.82) is 0 Å². The van der Waals surface area contributed by atoms with E-state index in [-0.39, 0.29) is 0 Å². The van der Waals surface area contributed by atoms with E-state index < -0.39 is 0 Å². The Morgan fingerprint density at radius 2 is 2.00 bits per heavy atom. The largest absolute Gasteiger partial charge is 0.383 e. The van der Waals surface area contributed by atoms with Crippen LogP contribution in [0.5, 0.6) is 0 Å². The molecule has 0 spiro atoms. The Kier molecular flexibility index (Phi) is 6.19. The first-order valence-corrected chi connectivity index (χ1v) is 8.65. The van der Waals surface area contributed by atoms with Gasteiger partial charge in [0.15, 0.2) is 0 Å². The number of rotatable bonds is 5. The molecule has 1 atom stereocenters. The molecule has 2 nitrogen and oxygen atoms in total. The fourth-order valence-corrected chi connectivity index (χ4v) is 3.72. The summed E-state index contributed by atoms with van der Waals surface area (Å²) in [6.45, 7) is 3.07.